The van der Waals surface area contributed by atoms with Gasteiger partial charge in [-0.3, -0.25) is 0 Å². The van der Waals surface area contributed by atoms with Crippen LogP contribution in [0, 0.1) is 0 Å². The molecule has 0 aromatic heterocycles. The van der Waals surface area contributed by atoms with Crippen LogP contribution >= 0.6 is 15.9 Å². The Labute approximate surface area is 80.5 Å². The second-order valence-electron chi connectivity index (χ2n) is 2.73. The maximum Gasteiger partial charge on any atom is 0.335 e. The fraction of sp³-hybridized carbons (Fsp3) is 0.875. The van der Waals surface area contributed by atoms with E-state index in [1.54, 1.807) is 6.92 Å². The van der Waals surface area contributed by atoms with Gasteiger partial charge in [0.25, 0.3) is 0 Å². The highest BCUT2D eigenvalue weighted by atomic mass is 79.9. The number of hydrogen-bond donors (Lipinski definition) is 0. The molecule has 0 aromatic carbocycles. The van der Waals surface area contributed by atoms with E-state index < -0.39 is 0 Å². The molecule has 1 aliphatic heterocycles. The Morgan fingerprint density at radius 2 is 2.50 bits per heavy atom. The predicted molar refractivity (Wildman–Crippen MR) is 48.3 cm³/mol. The first-order chi connectivity index (χ1) is 5.74. The maximum atomic E-state index is 11.2. The number of ether oxygens (including phenoxy) is 2. The lowest BCUT2D eigenvalue weighted by atomic mass is 10.1. The summed E-state index contributed by atoms with van der Waals surface area (Å²) in [6.07, 6.45) is 1.33. The molecule has 0 spiro atoms. The molecule has 70 valence electrons. The van der Waals surface area contributed by atoms with Crippen LogP contribution in [0.1, 0.15) is 19.8 Å². The molecule has 12 heavy (non-hydrogen) atoms. The molecule has 4 heteroatoms. The van der Waals surface area contributed by atoms with E-state index in [2.05, 4.69) is 15.9 Å². The van der Waals surface area contributed by atoms with Crippen molar-refractivity contribution in [1.29, 1.82) is 0 Å². The third-order valence-electron chi connectivity index (χ3n) is 1.77. The van der Waals surface area contributed by atoms with Crippen LogP contribution in [-0.4, -0.2) is 30.1 Å². The summed E-state index contributed by atoms with van der Waals surface area (Å²) in [5, 5.41) is 0. The lowest BCUT2D eigenvalue weighted by Crippen LogP contribution is -2.34. The molecule has 1 saturated heterocycles. The molecule has 0 unspecified atom stereocenters. The zero-order valence-corrected chi connectivity index (χ0v) is 8.67. The van der Waals surface area contributed by atoms with Crippen molar-refractivity contribution in [2.24, 2.45) is 0 Å². The van der Waals surface area contributed by atoms with Crippen LogP contribution in [0.5, 0.6) is 0 Å². The van der Waals surface area contributed by atoms with E-state index in [0.717, 1.165) is 12.8 Å². The minimum atomic E-state index is -0.358. The summed E-state index contributed by atoms with van der Waals surface area (Å²) in [6, 6.07) is 0. The van der Waals surface area contributed by atoms with E-state index in [1.807, 2.05) is 0 Å². The summed E-state index contributed by atoms with van der Waals surface area (Å²) in [7, 11) is 0. The monoisotopic (exact) mass is 236 g/mol. The molecule has 1 aliphatic rings. The van der Waals surface area contributed by atoms with Crippen LogP contribution in [0.15, 0.2) is 0 Å². The Balaban J connectivity index is 2.35. The standard InChI is InChI=1S/C8H13BrO3/c1-2-11-8(10)7-5-6(9)3-4-12-7/h6-7H,2-5H2,1H3/t6-,7-/m0/s1. The molecule has 1 rings (SSSR count). The molecule has 0 aliphatic carbocycles. The van der Waals surface area contributed by atoms with Gasteiger partial charge < -0.3 is 9.47 Å². The molecule has 1 heterocycles. The van der Waals surface area contributed by atoms with Crippen molar-refractivity contribution < 1.29 is 14.3 Å². The van der Waals surface area contributed by atoms with E-state index in [-0.39, 0.29) is 12.1 Å². The average Bonchev–Trinajstić information content (AvgIpc) is 2.05. The van der Waals surface area contributed by atoms with Gasteiger partial charge in [0.1, 0.15) is 0 Å². The first kappa shape index (κ1) is 9.99. The Hall–Kier alpha value is -0.0900. The zero-order chi connectivity index (χ0) is 8.97. The van der Waals surface area contributed by atoms with Gasteiger partial charge in [-0.15, -0.1) is 0 Å². The van der Waals surface area contributed by atoms with Crippen LogP contribution in [0.3, 0.4) is 0 Å². The summed E-state index contributed by atoms with van der Waals surface area (Å²) in [4.78, 5) is 11.6. The second-order valence-corrected chi connectivity index (χ2v) is 4.03. The molecule has 3 nitrogen and oxygen atoms in total. The molecular formula is C8H13BrO3. The highest BCUT2D eigenvalue weighted by Gasteiger charge is 2.27. The van der Waals surface area contributed by atoms with Gasteiger partial charge in [-0.25, -0.2) is 4.79 Å². The predicted octanol–water partition coefficient (Wildman–Crippen LogP) is 1.49. The van der Waals surface area contributed by atoms with Crippen LogP contribution < -0.4 is 0 Å². The highest BCUT2D eigenvalue weighted by molar-refractivity contribution is 9.09. The summed E-state index contributed by atoms with van der Waals surface area (Å²) < 4.78 is 10.1. The van der Waals surface area contributed by atoms with Gasteiger partial charge in [-0.1, -0.05) is 15.9 Å². The van der Waals surface area contributed by atoms with Gasteiger partial charge in [0.2, 0.25) is 0 Å². The quantitative estimate of drug-likeness (QED) is 0.539. The first-order valence-corrected chi connectivity index (χ1v) is 5.08. The molecule has 0 aromatic rings. The van der Waals surface area contributed by atoms with E-state index >= 15 is 0 Å². The first-order valence-electron chi connectivity index (χ1n) is 4.16. The Morgan fingerprint density at radius 3 is 3.08 bits per heavy atom. The summed E-state index contributed by atoms with van der Waals surface area (Å²) in [5.41, 5.74) is 0. The zero-order valence-electron chi connectivity index (χ0n) is 7.09. The minimum absolute atomic E-state index is 0.235. The summed E-state index contributed by atoms with van der Waals surface area (Å²) in [5.74, 6) is -0.235. The van der Waals surface area contributed by atoms with E-state index in [4.69, 9.17) is 9.47 Å². The fourth-order valence-corrected chi connectivity index (χ4v) is 1.68. The van der Waals surface area contributed by atoms with Crippen LogP contribution in [0.25, 0.3) is 0 Å². The SMILES string of the molecule is CCOC(=O)[C@@H]1C[C@@H](Br)CCO1. The second kappa shape index (κ2) is 4.82. The lowest BCUT2D eigenvalue weighted by molar-refractivity contribution is -0.159. The molecule has 1 fully saturated rings. The number of carbonyl (C=O) groups excluding carboxylic acids is 1. The molecule has 2 atom stereocenters. The Kier molecular flexibility index (Phi) is 4.01. The number of alkyl halides is 1. The van der Waals surface area contributed by atoms with E-state index in [0.29, 0.717) is 18.0 Å². The van der Waals surface area contributed by atoms with Crippen molar-refractivity contribution in [3.8, 4) is 0 Å². The van der Waals surface area contributed by atoms with Crippen molar-refractivity contribution in [2.75, 3.05) is 13.2 Å². The third-order valence-corrected chi connectivity index (χ3v) is 2.60. The van der Waals surface area contributed by atoms with Gasteiger partial charge in [0.15, 0.2) is 6.10 Å². The van der Waals surface area contributed by atoms with Crippen molar-refractivity contribution in [3.05, 3.63) is 0 Å². The topological polar surface area (TPSA) is 35.5 Å². The number of rotatable bonds is 2. The number of carbonyl (C=O) groups is 1. The largest absolute Gasteiger partial charge is 0.464 e. The van der Waals surface area contributed by atoms with Gasteiger partial charge in [-0.05, 0) is 19.8 Å². The number of hydrogen-bond acceptors (Lipinski definition) is 3. The smallest absolute Gasteiger partial charge is 0.335 e. The third kappa shape index (κ3) is 2.75. The van der Waals surface area contributed by atoms with Gasteiger partial charge in [0, 0.05) is 11.4 Å². The minimum Gasteiger partial charge on any atom is -0.464 e. The summed E-state index contributed by atoms with van der Waals surface area (Å²) >= 11 is 3.46. The highest BCUT2D eigenvalue weighted by Crippen LogP contribution is 2.20. The van der Waals surface area contributed by atoms with Gasteiger partial charge in [-0.2, -0.15) is 0 Å². The van der Waals surface area contributed by atoms with Crippen molar-refractivity contribution >= 4 is 21.9 Å². The van der Waals surface area contributed by atoms with Gasteiger partial charge >= 0.3 is 5.97 Å². The van der Waals surface area contributed by atoms with Gasteiger partial charge in [0.05, 0.1) is 6.61 Å². The molecule has 0 saturated carbocycles. The molecule has 0 amide bonds. The van der Waals surface area contributed by atoms with E-state index in [9.17, 15) is 4.79 Å². The van der Waals surface area contributed by atoms with E-state index in [1.165, 1.54) is 0 Å². The Morgan fingerprint density at radius 1 is 1.75 bits per heavy atom. The maximum absolute atomic E-state index is 11.2. The molecule has 0 bridgehead atoms. The number of halogens is 1. The lowest BCUT2D eigenvalue weighted by Gasteiger charge is -2.24. The number of esters is 1. The van der Waals surface area contributed by atoms with Crippen LogP contribution in [0.4, 0.5) is 0 Å². The van der Waals surface area contributed by atoms with Crippen molar-refractivity contribution in [1.82, 2.24) is 0 Å². The average molecular weight is 237 g/mol. The molecule has 0 radical (unpaired) electrons. The van der Waals surface area contributed by atoms with Crippen molar-refractivity contribution in [3.63, 3.8) is 0 Å². The normalized spacial score (nSPS) is 29.8. The molecule has 0 N–H and O–H groups in total. The van der Waals surface area contributed by atoms with Crippen LogP contribution in [0.2, 0.25) is 0 Å². The fourth-order valence-electron chi connectivity index (χ4n) is 1.16. The Bertz CT molecular complexity index is 160. The molecular weight excluding hydrogens is 224 g/mol. The summed E-state index contributed by atoms with van der Waals surface area (Å²) in [6.45, 7) is 2.86. The van der Waals surface area contributed by atoms with Crippen LogP contribution in [-0.2, 0) is 14.3 Å². The van der Waals surface area contributed by atoms with Crippen molar-refractivity contribution in [2.45, 2.75) is 30.7 Å².